The molecule has 0 spiro atoms. The number of hydrogen-bond donors (Lipinski definition) is 1. The van der Waals surface area contributed by atoms with Crippen LogP contribution in [-0.2, 0) is 0 Å². The lowest BCUT2D eigenvalue weighted by Crippen LogP contribution is -2.15. The maximum atomic E-state index is 9.46. The highest BCUT2D eigenvalue weighted by molar-refractivity contribution is 5.11. The van der Waals surface area contributed by atoms with Gasteiger partial charge < -0.3 is 5.11 Å². The maximum absolute atomic E-state index is 9.46. The summed E-state index contributed by atoms with van der Waals surface area (Å²) in [5.41, 5.74) is -0.563. The number of hydrogen-bond acceptors (Lipinski definition) is 1. The molecular weight excluding hydrogens is 184 g/mol. The number of aliphatic hydroxyl groups is 1. The van der Waals surface area contributed by atoms with E-state index in [0.717, 1.165) is 6.42 Å². The van der Waals surface area contributed by atoms with Gasteiger partial charge in [-0.1, -0.05) is 51.9 Å². The Morgan fingerprint density at radius 1 is 1.07 bits per heavy atom. The average molecular weight is 210 g/mol. The summed E-state index contributed by atoms with van der Waals surface area (Å²) >= 11 is 0. The molecule has 0 aromatic carbocycles. The fourth-order valence-corrected chi connectivity index (χ4v) is 1.44. The van der Waals surface area contributed by atoms with Crippen LogP contribution in [0.3, 0.4) is 0 Å². The first-order chi connectivity index (χ1) is 6.77. The Hall–Kier alpha value is -0.480. The standard InChI is InChI=1S/C14H26O/c1-6-7-8-10-13(2,3)11-9-12-14(4,5)15/h15H,6-8,10-11H2,1-5H3. The van der Waals surface area contributed by atoms with E-state index in [4.69, 9.17) is 0 Å². The lowest BCUT2D eigenvalue weighted by atomic mass is 9.84. The van der Waals surface area contributed by atoms with Gasteiger partial charge in [-0.25, -0.2) is 0 Å². The quantitative estimate of drug-likeness (QED) is 0.541. The summed E-state index contributed by atoms with van der Waals surface area (Å²) in [6.07, 6.45) is 5.96. The van der Waals surface area contributed by atoms with Gasteiger partial charge in [0, 0.05) is 6.42 Å². The molecule has 0 heterocycles. The third-order valence-corrected chi connectivity index (χ3v) is 2.42. The summed E-state index contributed by atoms with van der Waals surface area (Å²) in [6, 6.07) is 0. The molecule has 0 saturated heterocycles. The molecule has 0 amide bonds. The molecule has 0 radical (unpaired) electrons. The van der Waals surface area contributed by atoms with Crippen LogP contribution >= 0.6 is 0 Å². The van der Waals surface area contributed by atoms with Crippen molar-refractivity contribution >= 4 is 0 Å². The molecule has 0 aromatic rings. The van der Waals surface area contributed by atoms with Crippen LogP contribution in [0.4, 0.5) is 0 Å². The van der Waals surface area contributed by atoms with E-state index in [-0.39, 0.29) is 5.41 Å². The second-order valence-corrected chi connectivity index (χ2v) is 5.66. The summed E-state index contributed by atoms with van der Waals surface area (Å²) in [6.45, 7) is 10.2. The van der Waals surface area contributed by atoms with Crippen LogP contribution in [0, 0.1) is 17.3 Å². The molecule has 0 rings (SSSR count). The van der Waals surface area contributed by atoms with Crippen LogP contribution in [0.2, 0.25) is 0 Å². The van der Waals surface area contributed by atoms with Crippen molar-refractivity contribution in [3.05, 3.63) is 0 Å². The van der Waals surface area contributed by atoms with Crippen LogP contribution in [0.25, 0.3) is 0 Å². The van der Waals surface area contributed by atoms with Crippen molar-refractivity contribution in [2.24, 2.45) is 5.41 Å². The van der Waals surface area contributed by atoms with Crippen molar-refractivity contribution in [1.29, 1.82) is 0 Å². The first-order valence-electron chi connectivity index (χ1n) is 5.99. The lowest BCUT2D eigenvalue weighted by Gasteiger charge is -2.21. The fourth-order valence-electron chi connectivity index (χ4n) is 1.44. The van der Waals surface area contributed by atoms with E-state index in [1.807, 2.05) is 0 Å². The minimum atomic E-state index is -0.848. The molecule has 1 N–H and O–H groups in total. The molecule has 88 valence electrons. The summed E-state index contributed by atoms with van der Waals surface area (Å²) in [5, 5.41) is 9.46. The van der Waals surface area contributed by atoms with Crippen molar-refractivity contribution in [3.8, 4) is 11.8 Å². The maximum Gasteiger partial charge on any atom is 0.119 e. The van der Waals surface area contributed by atoms with E-state index >= 15 is 0 Å². The lowest BCUT2D eigenvalue weighted by molar-refractivity contribution is 0.143. The van der Waals surface area contributed by atoms with Gasteiger partial charge in [0.1, 0.15) is 5.60 Å². The molecule has 0 aromatic heterocycles. The molecule has 0 aliphatic heterocycles. The predicted molar refractivity (Wildman–Crippen MR) is 66.6 cm³/mol. The molecule has 15 heavy (non-hydrogen) atoms. The third-order valence-electron chi connectivity index (χ3n) is 2.42. The highest BCUT2D eigenvalue weighted by Gasteiger charge is 2.16. The first kappa shape index (κ1) is 14.5. The van der Waals surface area contributed by atoms with Crippen molar-refractivity contribution < 1.29 is 5.11 Å². The van der Waals surface area contributed by atoms with Crippen LogP contribution in [0.5, 0.6) is 0 Å². The Morgan fingerprint density at radius 2 is 1.67 bits per heavy atom. The summed E-state index contributed by atoms with van der Waals surface area (Å²) < 4.78 is 0. The Labute approximate surface area is 95.3 Å². The van der Waals surface area contributed by atoms with Gasteiger partial charge in [0.05, 0.1) is 0 Å². The normalized spacial score (nSPS) is 12.1. The molecular formula is C14H26O. The highest BCUT2D eigenvalue weighted by atomic mass is 16.3. The van der Waals surface area contributed by atoms with Crippen LogP contribution in [0.1, 0.15) is 66.7 Å². The van der Waals surface area contributed by atoms with Gasteiger partial charge in [-0.05, 0) is 25.7 Å². The van der Waals surface area contributed by atoms with Gasteiger partial charge in [0.2, 0.25) is 0 Å². The zero-order valence-corrected chi connectivity index (χ0v) is 11.0. The van der Waals surface area contributed by atoms with Crippen molar-refractivity contribution in [2.45, 2.75) is 72.3 Å². The molecule has 0 atom stereocenters. The minimum Gasteiger partial charge on any atom is -0.378 e. The summed E-state index contributed by atoms with van der Waals surface area (Å²) in [4.78, 5) is 0. The highest BCUT2D eigenvalue weighted by Crippen LogP contribution is 2.27. The SMILES string of the molecule is CCCCCC(C)(C)CC#CC(C)(C)O. The molecule has 0 saturated carbocycles. The van der Waals surface area contributed by atoms with Gasteiger partial charge in [-0.2, -0.15) is 0 Å². The minimum absolute atomic E-state index is 0.285. The van der Waals surface area contributed by atoms with E-state index in [1.54, 1.807) is 13.8 Å². The van der Waals surface area contributed by atoms with Crippen molar-refractivity contribution in [1.82, 2.24) is 0 Å². The smallest absolute Gasteiger partial charge is 0.119 e. The van der Waals surface area contributed by atoms with E-state index in [0.29, 0.717) is 0 Å². The predicted octanol–water partition coefficient (Wildman–Crippen LogP) is 3.76. The molecule has 0 fully saturated rings. The van der Waals surface area contributed by atoms with E-state index in [1.165, 1.54) is 25.7 Å². The molecule has 0 bridgehead atoms. The van der Waals surface area contributed by atoms with Crippen LogP contribution in [-0.4, -0.2) is 10.7 Å². The van der Waals surface area contributed by atoms with Gasteiger partial charge in [0.15, 0.2) is 0 Å². The zero-order chi connectivity index (χ0) is 11.9. The Bertz CT molecular complexity index is 222. The molecule has 0 aliphatic rings. The van der Waals surface area contributed by atoms with Gasteiger partial charge >= 0.3 is 0 Å². The second kappa shape index (κ2) is 6.18. The Balaban J connectivity index is 3.96. The molecule has 0 unspecified atom stereocenters. The molecule has 1 nitrogen and oxygen atoms in total. The topological polar surface area (TPSA) is 20.2 Å². The summed E-state index contributed by atoms with van der Waals surface area (Å²) in [7, 11) is 0. The Kier molecular flexibility index (Phi) is 5.98. The molecule has 0 aliphatic carbocycles. The molecule has 1 heteroatoms. The van der Waals surface area contributed by atoms with E-state index < -0.39 is 5.60 Å². The second-order valence-electron chi connectivity index (χ2n) is 5.66. The van der Waals surface area contributed by atoms with Gasteiger partial charge in [0.25, 0.3) is 0 Å². The van der Waals surface area contributed by atoms with E-state index in [9.17, 15) is 5.11 Å². The van der Waals surface area contributed by atoms with Gasteiger partial charge in [-0.15, -0.1) is 0 Å². The first-order valence-corrected chi connectivity index (χ1v) is 5.99. The van der Waals surface area contributed by atoms with Crippen molar-refractivity contribution in [3.63, 3.8) is 0 Å². The van der Waals surface area contributed by atoms with Crippen molar-refractivity contribution in [2.75, 3.05) is 0 Å². The summed E-state index contributed by atoms with van der Waals surface area (Å²) in [5.74, 6) is 5.97. The number of unbranched alkanes of at least 4 members (excludes halogenated alkanes) is 2. The van der Waals surface area contributed by atoms with Crippen LogP contribution in [0.15, 0.2) is 0 Å². The number of rotatable bonds is 5. The van der Waals surface area contributed by atoms with E-state index in [2.05, 4.69) is 32.6 Å². The third kappa shape index (κ3) is 9.82. The zero-order valence-electron chi connectivity index (χ0n) is 11.0. The van der Waals surface area contributed by atoms with Crippen LogP contribution < -0.4 is 0 Å². The average Bonchev–Trinajstić information content (AvgIpc) is 2.01. The van der Waals surface area contributed by atoms with Gasteiger partial charge in [-0.3, -0.25) is 0 Å². The Morgan fingerprint density at radius 3 is 2.13 bits per heavy atom. The monoisotopic (exact) mass is 210 g/mol. The largest absolute Gasteiger partial charge is 0.378 e. The fraction of sp³-hybridized carbons (Fsp3) is 0.857.